The predicted molar refractivity (Wildman–Crippen MR) is 118 cm³/mol. The molecule has 10 heteroatoms. The van der Waals surface area contributed by atoms with Crippen LogP contribution in [-0.2, 0) is 9.47 Å². The molecule has 30 heavy (non-hydrogen) atoms. The van der Waals surface area contributed by atoms with E-state index in [1.165, 1.54) is 0 Å². The highest BCUT2D eigenvalue weighted by atomic mass is 16.5. The molecule has 1 N–H and O–H groups in total. The molecule has 160 valence electrons. The van der Waals surface area contributed by atoms with E-state index >= 15 is 0 Å². The topological polar surface area (TPSA) is 91.2 Å². The van der Waals surface area contributed by atoms with Gasteiger partial charge in [-0.1, -0.05) is 12.1 Å². The van der Waals surface area contributed by atoms with Crippen LogP contribution in [0, 0.1) is 0 Å². The maximum Gasteiger partial charge on any atom is 0.250 e. The van der Waals surface area contributed by atoms with Crippen molar-refractivity contribution >= 4 is 29.7 Å². The van der Waals surface area contributed by atoms with Gasteiger partial charge in [0.25, 0.3) is 0 Å². The van der Waals surface area contributed by atoms with Gasteiger partial charge in [-0.2, -0.15) is 20.1 Å². The van der Waals surface area contributed by atoms with Gasteiger partial charge in [0.2, 0.25) is 17.8 Å². The zero-order valence-corrected chi connectivity index (χ0v) is 17.5. The predicted octanol–water partition coefficient (Wildman–Crippen LogP) is 1.06. The van der Waals surface area contributed by atoms with Gasteiger partial charge in [-0.3, -0.25) is 0 Å². The molecule has 2 aliphatic rings. The molecule has 0 bridgehead atoms. The monoisotopic (exact) mass is 412 g/mol. The van der Waals surface area contributed by atoms with Crippen molar-refractivity contribution in [1.82, 2.24) is 15.0 Å². The molecule has 0 spiro atoms. The number of rotatable bonds is 6. The number of ether oxygens (including phenoxy) is 2. The molecule has 2 fully saturated rings. The lowest BCUT2D eigenvalue weighted by atomic mass is 10.2. The molecule has 0 saturated carbocycles. The highest BCUT2D eigenvalue weighted by Gasteiger charge is 2.20. The van der Waals surface area contributed by atoms with Crippen LogP contribution < -0.4 is 20.1 Å². The molecule has 1 aromatic heterocycles. The lowest BCUT2D eigenvalue weighted by molar-refractivity contribution is 0.121. The van der Waals surface area contributed by atoms with Gasteiger partial charge in [0.15, 0.2) is 0 Å². The van der Waals surface area contributed by atoms with Crippen molar-refractivity contribution in [2.24, 2.45) is 5.10 Å². The van der Waals surface area contributed by atoms with E-state index in [2.05, 4.69) is 47.3 Å². The summed E-state index contributed by atoms with van der Waals surface area (Å²) in [5.74, 6) is 1.71. The van der Waals surface area contributed by atoms with Crippen molar-refractivity contribution in [2.45, 2.75) is 0 Å². The Labute approximate surface area is 176 Å². The Morgan fingerprint density at radius 2 is 1.40 bits per heavy atom. The third-order valence-electron chi connectivity index (χ3n) is 4.99. The second kappa shape index (κ2) is 9.68. The van der Waals surface area contributed by atoms with Crippen molar-refractivity contribution in [3.63, 3.8) is 0 Å². The van der Waals surface area contributed by atoms with Crippen LogP contribution in [0.3, 0.4) is 0 Å². The average molecular weight is 412 g/mol. The minimum Gasteiger partial charge on any atom is -0.378 e. The minimum atomic E-state index is 0.425. The van der Waals surface area contributed by atoms with Gasteiger partial charge in [-0.05, 0) is 17.7 Å². The molecule has 1 aromatic carbocycles. The summed E-state index contributed by atoms with van der Waals surface area (Å²) < 4.78 is 10.9. The normalized spacial score (nSPS) is 17.4. The van der Waals surface area contributed by atoms with Crippen LogP contribution in [0.2, 0.25) is 0 Å². The van der Waals surface area contributed by atoms with Crippen LogP contribution in [-0.4, -0.2) is 87.9 Å². The van der Waals surface area contributed by atoms with E-state index < -0.39 is 0 Å². The highest BCUT2D eigenvalue weighted by Crippen LogP contribution is 2.19. The zero-order valence-electron chi connectivity index (χ0n) is 17.5. The first-order valence-corrected chi connectivity index (χ1v) is 10.2. The minimum absolute atomic E-state index is 0.425. The van der Waals surface area contributed by atoms with Crippen molar-refractivity contribution < 1.29 is 9.47 Å². The van der Waals surface area contributed by atoms with Crippen LogP contribution in [0.1, 0.15) is 5.56 Å². The summed E-state index contributed by atoms with van der Waals surface area (Å²) in [6.07, 6.45) is 1.76. The Bertz CT molecular complexity index is 810. The van der Waals surface area contributed by atoms with Gasteiger partial charge in [0.05, 0.1) is 32.6 Å². The second-order valence-electron chi connectivity index (χ2n) is 7.31. The first-order valence-electron chi connectivity index (χ1n) is 10.2. The van der Waals surface area contributed by atoms with E-state index in [-0.39, 0.29) is 0 Å². The number of hydrazone groups is 1. The molecule has 3 heterocycles. The second-order valence-corrected chi connectivity index (χ2v) is 7.31. The van der Waals surface area contributed by atoms with Gasteiger partial charge >= 0.3 is 0 Å². The van der Waals surface area contributed by atoms with Crippen LogP contribution >= 0.6 is 0 Å². The van der Waals surface area contributed by atoms with E-state index in [9.17, 15) is 0 Å². The number of benzene rings is 1. The third kappa shape index (κ3) is 5.14. The first kappa shape index (κ1) is 20.3. The van der Waals surface area contributed by atoms with E-state index in [0.717, 1.165) is 37.4 Å². The number of morpholine rings is 2. The maximum atomic E-state index is 5.45. The van der Waals surface area contributed by atoms with Gasteiger partial charge < -0.3 is 24.2 Å². The molecular weight excluding hydrogens is 384 g/mol. The van der Waals surface area contributed by atoms with Gasteiger partial charge in [-0.25, -0.2) is 5.43 Å². The molecule has 2 aliphatic heterocycles. The number of aromatic nitrogens is 3. The molecule has 10 nitrogen and oxygen atoms in total. The van der Waals surface area contributed by atoms with Crippen LogP contribution in [0.15, 0.2) is 29.4 Å². The number of nitrogens with zero attached hydrogens (tertiary/aromatic N) is 7. The van der Waals surface area contributed by atoms with E-state index in [4.69, 9.17) is 14.5 Å². The molecule has 0 radical (unpaired) electrons. The van der Waals surface area contributed by atoms with Crippen molar-refractivity contribution in [3.8, 4) is 0 Å². The summed E-state index contributed by atoms with van der Waals surface area (Å²) in [4.78, 5) is 20.1. The largest absolute Gasteiger partial charge is 0.378 e. The molecule has 0 aliphatic carbocycles. The lowest BCUT2D eigenvalue weighted by Gasteiger charge is -2.30. The van der Waals surface area contributed by atoms with Gasteiger partial charge in [-0.15, -0.1) is 0 Å². The third-order valence-corrected chi connectivity index (χ3v) is 4.99. The van der Waals surface area contributed by atoms with Crippen LogP contribution in [0.5, 0.6) is 0 Å². The molecule has 2 aromatic rings. The lowest BCUT2D eigenvalue weighted by Crippen LogP contribution is -2.40. The summed E-state index contributed by atoms with van der Waals surface area (Å²) in [5.41, 5.74) is 5.10. The summed E-state index contributed by atoms with van der Waals surface area (Å²) in [7, 11) is 4.03. The van der Waals surface area contributed by atoms with E-state index in [1.54, 1.807) is 6.21 Å². The number of anilines is 4. The molecule has 0 atom stereocenters. The van der Waals surface area contributed by atoms with E-state index in [0.29, 0.717) is 44.3 Å². The molecule has 0 unspecified atom stereocenters. The van der Waals surface area contributed by atoms with Crippen molar-refractivity contribution in [1.29, 1.82) is 0 Å². The van der Waals surface area contributed by atoms with E-state index in [1.807, 2.05) is 26.2 Å². The Kier molecular flexibility index (Phi) is 6.55. The smallest absolute Gasteiger partial charge is 0.250 e. The molecule has 2 saturated heterocycles. The number of hydrogen-bond donors (Lipinski definition) is 1. The summed E-state index contributed by atoms with van der Waals surface area (Å²) in [6.45, 7) is 5.71. The SMILES string of the molecule is CN(C)c1ccc(C=NNc2nc(N3CCOCC3)nc(N3CCOCC3)n2)cc1. The Morgan fingerprint density at radius 1 is 0.867 bits per heavy atom. The van der Waals surface area contributed by atoms with Gasteiger partial charge in [0.1, 0.15) is 0 Å². The fourth-order valence-electron chi connectivity index (χ4n) is 3.24. The highest BCUT2D eigenvalue weighted by molar-refractivity contribution is 5.80. The number of nitrogens with one attached hydrogen (secondary N) is 1. The standard InChI is InChI=1S/C20H28N8O2/c1-26(2)17-5-3-16(4-6-17)15-21-25-18-22-19(27-7-11-29-12-8-27)24-20(23-18)28-9-13-30-14-10-28/h3-6,15H,7-14H2,1-2H3,(H,22,23,24,25). The maximum absolute atomic E-state index is 5.45. The van der Waals surface area contributed by atoms with Gasteiger partial charge in [0, 0.05) is 46.0 Å². The fraction of sp³-hybridized carbons (Fsp3) is 0.500. The number of hydrogen-bond acceptors (Lipinski definition) is 10. The Morgan fingerprint density at radius 3 is 1.90 bits per heavy atom. The summed E-state index contributed by atoms with van der Waals surface area (Å²) in [6, 6.07) is 8.15. The summed E-state index contributed by atoms with van der Waals surface area (Å²) in [5, 5.41) is 4.33. The zero-order chi connectivity index (χ0) is 20.8. The fourth-order valence-corrected chi connectivity index (χ4v) is 3.24. The van der Waals surface area contributed by atoms with Crippen molar-refractivity contribution in [3.05, 3.63) is 29.8 Å². The quantitative estimate of drug-likeness (QED) is 0.552. The van der Waals surface area contributed by atoms with Crippen molar-refractivity contribution in [2.75, 3.05) is 86.8 Å². The Hall–Kier alpha value is -2.98. The first-order chi connectivity index (χ1) is 14.7. The molecule has 4 rings (SSSR count). The van der Waals surface area contributed by atoms with Crippen LogP contribution in [0.4, 0.5) is 23.5 Å². The molecule has 0 amide bonds. The average Bonchev–Trinajstić information content (AvgIpc) is 2.80. The molecular formula is C20H28N8O2. The summed E-state index contributed by atoms with van der Waals surface area (Å²) >= 11 is 0. The van der Waals surface area contributed by atoms with Crippen LogP contribution in [0.25, 0.3) is 0 Å². The Balaban J connectivity index is 1.51.